The number of benzene rings is 1. The molecule has 1 fully saturated rings. The van der Waals surface area contributed by atoms with Gasteiger partial charge in [0.15, 0.2) is 0 Å². The summed E-state index contributed by atoms with van der Waals surface area (Å²) in [4.78, 5) is 16.8. The maximum Gasteiger partial charge on any atom is 0.317 e. The van der Waals surface area contributed by atoms with Gasteiger partial charge in [-0.2, -0.15) is 0 Å². The molecule has 2 aliphatic carbocycles. The fourth-order valence-electron chi connectivity index (χ4n) is 4.26. The van der Waals surface area contributed by atoms with Crippen LogP contribution in [0.5, 0.6) is 0 Å². The monoisotopic (exact) mass is 315 g/mol. The summed E-state index contributed by atoms with van der Waals surface area (Å²) in [6, 6.07) is 8.77. The predicted octanol–water partition coefficient (Wildman–Crippen LogP) is 3.19. The van der Waals surface area contributed by atoms with Gasteiger partial charge in [-0.15, -0.1) is 0 Å². The molecule has 1 aromatic rings. The third-order valence-electron chi connectivity index (χ3n) is 5.94. The summed E-state index contributed by atoms with van der Waals surface area (Å²) >= 11 is 0. The molecule has 0 spiro atoms. The zero-order valence-electron chi connectivity index (χ0n) is 14.6. The quantitative estimate of drug-likeness (QED) is 0.926. The molecular formula is C19H29N3O. The Balaban J connectivity index is 1.63. The van der Waals surface area contributed by atoms with E-state index in [1.807, 2.05) is 11.9 Å². The first-order valence-corrected chi connectivity index (χ1v) is 8.79. The van der Waals surface area contributed by atoms with Crippen LogP contribution in [0.25, 0.3) is 0 Å². The molecular weight excluding hydrogens is 286 g/mol. The van der Waals surface area contributed by atoms with E-state index < -0.39 is 0 Å². The molecule has 1 aromatic carbocycles. The van der Waals surface area contributed by atoms with E-state index in [0.29, 0.717) is 0 Å². The van der Waals surface area contributed by atoms with Crippen LogP contribution in [0.3, 0.4) is 0 Å². The van der Waals surface area contributed by atoms with Gasteiger partial charge in [-0.1, -0.05) is 37.1 Å². The van der Waals surface area contributed by atoms with Crippen molar-refractivity contribution in [1.29, 1.82) is 0 Å². The number of nitrogens with one attached hydrogen (secondary N) is 1. The van der Waals surface area contributed by atoms with Crippen molar-refractivity contribution < 1.29 is 4.79 Å². The molecule has 0 saturated heterocycles. The number of hydrogen-bond acceptors (Lipinski definition) is 2. The fourth-order valence-corrected chi connectivity index (χ4v) is 4.26. The van der Waals surface area contributed by atoms with Gasteiger partial charge in [0.05, 0.1) is 6.04 Å². The van der Waals surface area contributed by atoms with Gasteiger partial charge < -0.3 is 15.1 Å². The number of carbonyl (C=O) groups is 1. The normalized spacial score (nSPS) is 22.2. The van der Waals surface area contributed by atoms with Gasteiger partial charge in [-0.3, -0.25) is 0 Å². The Hall–Kier alpha value is -1.55. The van der Waals surface area contributed by atoms with E-state index in [2.05, 4.69) is 48.6 Å². The fraction of sp³-hybridized carbons (Fsp3) is 0.632. The van der Waals surface area contributed by atoms with Crippen LogP contribution in [0.2, 0.25) is 0 Å². The first-order valence-electron chi connectivity index (χ1n) is 8.79. The number of nitrogens with zero attached hydrogens (tertiary/aromatic N) is 2. The number of likely N-dealkylation sites (N-methyl/N-ethyl adjacent to an activating group) is 1. The van der Waals surface area contributed by atoms with Crippen LogP contribution in [0.15, 0.2) is 24.3 Å². The second kappa shape index (κ2) is 6.52. The van der Waals surface area contributed by atoms with E-state index in [-0.39, 0.29) is 17.6 Å². The van der Waals surface area contributed by atoms with Crippen molar-refractivity contribution >= 4 is 6.03 Å². The molecule has 0 bridgehead atoms. The highest BCUT2D eigenvalue weighted by molar-refractivity contribution is 5.74. The highest BCUT2D eigenvalue weighted by Crippen LogP contribution is 2.35. The third-order valence-corrected chi connectivity index (χ3v) is 5.94. The Morgan fingerprint density at radius 2 is 1.91 bits per heavy atom. The molecule has 2 aliphatic rings. The van der Waals surface area contributed by atoms with Crippen molar-refractivity contribution in [2.24, 2.45) is 0 Å². The lowest BCUT2D eigenvalue weighted by Gasteiger charge is -2.37. The lowest BCUT2D eigenvalue weighted by atomic mass is 9.96. The van der Waals surface area contributed by atoms with Crippen molar-refractivity contribution in [2.75, 3.05) is 27.7 Å². The smallest absolute Gasteiger partial charge is 0.317 e. The molecule has 1 atom stereocenters. The van der Waals surface area contributed by atoms with Gasteiger partial charge in [0.25, 0.3) is 0 Å². The van der Waals surface area contributed by atoms with Gasteiger partial charge in [0.1, 0.15) is 0 Å². The molecule has 0 aromatic heterocycles. The first-order chi connectivity index (χ1) is 11.0. The molecule has 126 valence electrons. The highest BCUT2D eigenvalue weighted by Gasteiger charge is 2.37. The number of hydrogen-bond donors (Lipinski definition) is 1. The van der Waals surface area contributed by atoms with Crippen LogP contribution >= 0.6 is 0 Å². The summed E-state index contributed by atoms with van der Waals surface area (Å²) in [6.07, 6.45) is 6.98. The maximum atomic E-state index is 12.7. The molecule has 23 heavy (non-hydrogen) atoms. The highest BCUT2D eigenvalue weighted by atomic mass is 16.2. The summed E-state index contributed by atoms with van der Waals surface area (Å²) in [5, 5.41) is 3.20. The van der Waals surface area contributed by atoms with Gasteiger partial charge in [-0.25, -0.2) is 4.79 Å². The average molecular weight is 315 g/mol. The van der Waals surface area contributed by atoms with Crippen molar-refractivity contribution in [1.82, 2.24) is 15.1 Å². The van der Waals surface area contributed by atoms with Gasteiger partial charge in [-0.05, 0) is 50.9 Å². The van der Waals surface area contributed by atoms with Crippen LogP contribution in [0.1, 0.15) is 49.3 Å². The molecule has 0 aliphatic heterocycles. The zero-order chi connectivity index (χ0) is 16.4. The maximum absolute atomic E-state index is 12.7. The minimum atomic E-state index is 0.0554. The van der Waals surface area contributed by atoms with E-state index in [4.69, 9.17) is 0 Å². The van der Waals surface area contributed by atoms with Crippen LogP contribution in [-0.4, -0.2) is 49.1 Å². The van der Waals surface area contributed by atoms with Gasteiger partial charge in [0.2, 0.25) is 0 Å². The van der Waals surface area contributed by atoms with E-state index in [1.165, 1.54) is 36.8 Å². The van der Waals surface area contributed by atoms with E-state index in [0.717, 1.165) is 19.4 Å². The predicted molar refractivity (Wildman–Crippen MR) is 93.6 cm³/mol. The van der Waals surface area contributed by atoms with E-state index >= 15 is 0 Å². The third kappa shape index (κ3) is 3.09. The summed E-state index contributed by atoms with van der Waals surface area (Å²) in [5.74, 6) is 0. The lowest BCUT2D eigenvalue weighted by Crippen LogP contribution is -2.53. The summed E-state index contributed by atoms with van der Waals surface area (Å²) < 4.78 is 0. The lowest BCUT2D eigenvalue weighted by molar-refractivity contribution is 0.144. The summed E-state index contributed by atoms with van der Waals surface area (Å²) in [5.41, 5.74) is 2.84. The Morgan fingerprint density at radius 1 is 1.22 bits per heavy atom. The molecule has 1 saturated carbocycles. The van der Waals surface area contributed by atoms with Gasteiger partial charge in [0, 0.05) is 19.1 Å². The molecule has 2 amide bonds. The Morgan fingerprint density at radius 3 is 2.61 bits per heavy atom. The van der Waals surface area contributed by atoms with E-state index in [9.17, 15) is 4.79 Å². The second-order valence-corrected chi connectivity index (χ2v) is 7.35. The standard InChI is InChI=1S/C19H29N3O/c1-21(2)19(12-6-7-13-19)14-20-18(23)22(3)17-11-10-15-8-4-5-9-16(15)17/h4-5,8-9,17H,6-7,10-14H2,1-3H3,(H,20,23)/t17-/m0/s1. The minimum Gasteiger partial charge on any atom is -0.336 e. The van der Waals surface area contributed by atoms with Crippen molar-refractivity contribution in [2.45, 2.75) is 50.1 Å². The second-order valence-electron chi connectivity index (χ2n) is 7.35. The van der Waals surface area contributed by atoms with Gasteiger partial charge >= 0.3 is 6.03 Å². The zero-order valence-corrected chi connectivity index (χ0v) is 14.6. The van der Waals surface area contributed by atoms with Crippen molar-refractivity contribution in [3.8, 4) is 0 Å². The Labute approximate surface area is 139 Å². The summed E-state index contributed by atoms with van der Waals surface area (Å²) in [6.45, 7) is 0.748. The summed E-state index contributed by atoms with van der Waals surface area (Å²) in [7, 11) is 6.20. The number of carbonyl (C=O) groups excluding carboxylic acids is 1. The number of aryl methyl sites for hydroxylation is 1. The van der Waals surface area contributed by atoms with Crippen LogP contribution in [0, 0.1) is 0 Å². The topological polar surface area (TPSA) is 35.6 Å². The molecule has 1 N–H and O–H groups in total. The molecule has 0 heterocycles. The number of rotatable bonds is 4. The SMILES string of the molecule is CN(C(=O)NCC1(N(C)C)CCCC1)[C@H]1CCc2ccccc21. The first kappa shape index (κ1) is 16.3. The van der Waals surface area contributed by atoms with Crippen molar-refractivity contribution in [3.05, 3.63) is 35.4 Å². The van der Waals surface area contributed by atoms with E-state index in [1.54, 1.807) is 0 Å². The van der Waals surface area contributed by atoms with Crippen molar-refractivity contribution in [3.63, 3.8) is 0 Å². The van der Waals surface area contributed by atoms with Crippen LogP contribution in [-0.2, 0) is 6.42 Å². The molecule has 0 unspecified atom stereocenters. The number of urea groups is 1. The minimum absolute atomic E-state index is 0.0554. The number of fused-ring (bicyclic) bond motifs is 1. The molecule has 0 radical (unpaired) electrons. The largest absolute Gasteiger partial charge is 0.336 e. The van der Waals surface area contributed by atoms with Crippen LogP contribution < -0.4 is 5.32 Å². The average Bonchev–Trinajstić information content (AvgIpc) is 3.19. The van der Waals surface area contributed by atoms with Crippen LogP contribution in [0.4, 0.5) is 4.79 Å². The number of amides is 2. The molecule has 4 heteroatoms. The molecule has 3 rings (SSSR count). The molecule has 4 nitrogen and oxygen atoms in total. The Kier molecular flexibility index (Phi) is 4.62. The Bertz CT molecular complexity index is 563.